The molecule has 0 aliphatic carbocycles. The minimum atomic E-state index is -3.49. The molecule has 7 rings (SSSR count). The van der Waals surface area contributed by atoms with Gasteiger partial charge in [-0.15, -0.1) is 0 Å². The highest BCUT2D eigenvalue weighted by molar-refractivity contribution is 7.89. The third kappa shape index (κ3) is 47.0. The molecule has 119 heavy (non-hydrogen) atoms. The van der Waals surface area contributed by atoms with Gasteiger partial charge < -0.3 is 54.2 Å². The van der Waals surface area contributed by atoms with Crippen LogP contribution in [0.15, 0.2) is 157 Å². The zero-order chi connectivity index (χ0) is 89.7. The zero-order valence-corrected chi connectivity index (χ0v) is 76.1. The third-order valence-corrected chi connectivity index (χ3v) is 18.2. The minimum absolute atomic E-state index is 0. The lowest BCUT2D eigenvalue weighted by Crippen LogP contribution is -2.27. The SMILES string of the molecule is C.CC(=O)Nc1ccc(C(C)(C)C)cc1.CC(C)(C)c1ccc(S(=O)(=O)NCCO)cc1.CCCOC(=O)Nc1ncc(C(C)(C)C)cn1.COCCNC(=O)c1ccc(C(C)(C)C)cc1.COCCNC(=O)c1cccc(C(C)(C)C)c1.COCCOC(=O)Nc1ccc(C(C)(C)C)cn1.COCCOC(=O)Nc1cccc(C(C)(C)C)c1. The number of aromatic nitrogens is 3. The molecular weight excluding hydrogens is 1530 g/mol. The van der Waals surface area contributed by atoms with Crippen LogP contribution in [-0.4, -0.2) is 165 Å². The van der Waals surface area contributed by atoms with Gasteiger partial charge in [0, 0.05) is 96.1 Å². The summed E-state index contributed by atoms with van der Waals surface area (Å²) in [6, 6.07) is 41.7. The molecule has 0 saturated heterocycles. The number of carbonyl (C=O) groups is 6. The summed E-state index contributed by atoms with van der Waals surface area (Å²) >= 11 is 0. The van der Waals surface area contributed by atoms with Gasteiger partial charge in [0.2, 0.25) is 21.9 Å². The Kier molecular flexibility index (Phi) is 49.3. The lowest BCUT2D eigenvalue weighted by Gasteiger charge is -2.19. The lowest BCUT2D eigenvalue weighted by atomic mass is 9.86. The first-order valence-corrected chi connectivity index (χ1v) is 40.9. The van der Waals surface area contributed by atoms with Crippen molar-refractivity contribution < 1.29 is 75.4 Å². The molecule has 0 fully saturated rings. The number of hydrogen-bond donors (Lipinski definition) is 8. The van der Waals surface area contributed by atoms with Gasteiger partial charge in [-0.1, -0.05) is 226 Å². The Morgan fingerprint density at radius 1 is 0.378 bits per heavy atom. The first kappa shape index (κ1) is 109. The predicted octanol–water partition coefficient (Wildman–Crippen LogP) is 18.0. The van der Waals surface area contributed by atoms with E-state index in [1.54, 1.807) is 65.2 Å². The fourth-order valence-electron chi connectivity index (χ4n) is 9.45. The molecule has 2 heterocycles. The van der Waals surface area contributed by atoms with Crippen LogP contribution in [-0.2, 0) is 85.9 Å². The molecule has 0 aliphatic heterocycles. The fraction of sp³-hybridized carbons (Fsp3) is 0.511. The van der Waals surface area contributed by atoms with Gasteiger partial charge in [0.1, 0.15) is 19.0 Å². The van der Waals surface area contributed by atoms with E-state index in [0.29, 0.717) is 63.1 Å². The highest BCUT2D eigenvalue weighted by atomic mass is 32.2. The number of methoxy groups -OCH3 is 4. The van der Waals surface area contributed by atoms with Crippen molar-refractivity contribution in [3.8, 4) is 0 Å². The number of sulfonamides is 1. The maximum absolute atomic E-state index is 11.8. The predicted molar refractivity (Wildman–Crippen MR) is 480 cm³/mol. The minimum Gasteiger partial charge on any atom is -0.449 e. The van der Waals surface area contributed by atoms with E-state index in [1.807, 2.05) is 122 Å². The summed E-state index contributed by atoms with van der Waals surface area (Å²) in [5.74, 6) is 0.605. The molecule has 0 bridgehead atoms. The van der Waals surface area contributed by atoms with Crippen LogP contribution in [0.5, 0.6) is 0 Å². The Hall–Kier alpha value is -9.74. The Bertz CT molecular complexity index is 4190. The molecule has 8 N–H and O–H groups in total. The summed E-state index contributed by atoms with van der Waals surface area (Å²) in [6.07, 6.45) is 4.46. The largest absolute Gasteiger partial charge is 0.449 e. The topological polar surface area (TPSA) is 344 Å². The van der Waals surface area contributed by atoms with Gasteiger partial charge in [-0.25, -0.2) is 42.5 Å². The number of nitrogens with zero attached hydrogens (tertiary/aromatic N) is 3. The summed E-state index contributed by atoms with van der Waals surface area (Å²) in [5.41, 5.74) is 11.5. The molecule has 0 spiro atoms. The number of anilines is 4. The van der Waals surface area contributed by atoms with Crippen molar-refractivity contribution in [2.75, 3.05) is 122 Å². The monoisotopic (exact) mass is 1680 g/mol. The van der Waals surface area contributed by atoms with Crippen molar-refractivity contribution in [2.45, 2.75) is 216 Å². The second-order valence-electron chi connectivity index (χ2n) is 34.4. The Morgan fingerprint density at radius 3 is 1.18 bits per heavy atom. The number of nitrogens with one attached hydrogen (secondary N) is 7. The third-order valence-electron chi connectivity index (χ3n) is 16.7. The van der Waals surface area contributed by atoms with E-state index in [2.05, 4.69) is 197 Å². The molecule has 662 valence electrons. The van der Waals surface area contributed by atoms with E-state index in [0.717, 1.165) is 45.6 Å². The van der Waals surface area contributed by atoms with Crippen LogP contribution in [0.25, 0.3) is 0 Å². The van der Waals surface area contributed by atoms with Crippen LogP contribution >= 0.6 is 0 Å². The molecule has 2 aromatic heterocycles. The van der Waals surface area contributed by atoms with Crippen molar-refractivity contribution in [3.63, 3.8) is 0 Å². The van der Waals surface area contributed by atoms with Crippen LogP contribution < -0.4 is 36.6 Å². The van der Waals surface area contributed by atoms with Crippen LogP contribution in [0.2, 0.25) is 0 Å². The van der Waals surface area contributed by atoms with Crippen LogP contribution in [0.4, 0.5) is 37.5 Å². The van der Waals surface area contributed by atoms with E-state index in [4.69, 9.17) is 38.3 Å². The van der Waals surface area contributed by atoms with Gasteiger partial charge >= 0.3 is 18.3 Å². The molecule has 26 nitrogen and oxygen atoms in total. The number of amides is 6. The number of aliphatic hydroxyl groups excluding tert-OH is 1. The molecule has 0 saturated carbocycles. The zero-order valence-electron chi connectivity index (χ0n) is 75.2. The molecule has 0 aliphatic rings. The number of pyridine rings is 1. The van der Waals surface area contributed by atoms with Gasteiger partial charge in [-0.2, -0.15) is 0 Å². The fourth-order valence-corrected chi connectivity index (χ4v) is 10.5. The summed E-state index contributed by atoms with van der Waals surface area (Å²) in [7, 11) is 2.85. The number of carbonyl (C=O) groups excluding carboxylic acids is 6. The van der Waals surface area contributed by atoms with Crippen LogP contribution in [0.1, 0.15) is 233 Å². The second-order valence-corrected chi connectivity index (χ2v) is 36.2. The van der Waals surface area contributed by atoms with Gasteiger partial charge in [0.05, 0.1) is 44.5 Å². The number of benzene rings is 5. The average Bonchev–Trinajstić information content (AvgIpc) is 0.827. The van der Waals surface area contributed by atoms with Crippen LogP contribution in [0.3, 0.4) is 0 Å². The number of rotatable bonds is 24. The van der Waals surface area contributed by atoms with Gasteiger partial charge in [-0.3, -0.25) is 30.3 Å². The Balaban J connectivity index is 0.00000136. The first-order chi connectivity index (χ1) is 54.9. The summed E-state index contributed by atoms with van der Waals surface area (Å²) in [5, 5.41) is 24.7. The van der Waals surface area contributed by atoms with E-state index >= 15 is 0 Å². The van der Waals surface area contributed by atoms with E-state index in [9.17, 15) is 37.2 Å². The van der Waals surface area contributed by atoms with Gasteiger partial charge in [-0.05, 0) is 150 Å². The van der Waals surface area contributed by atoms with Gasteiger partial charge in [0.25, 0.3) is 11.8 Å². The van der Waals surface area contributed by atoms with Gasteiger partial charge in [0.15, 0.2) is 0 Å². The highest BCUT2D eigenvalue weighted by Gasteiger charge is 2.22. The normalized spacial score (nSPS) is 11.3. The van der Waals surface area contributed by atoms with Crippen molar-refractivity contribution in [3.05, 3.63) is 202 Å². The molecule has 0 unspecified atom stereocenters. The lowest BCUT2D eigenvalue weighted by molar-refractivity contribution is -0.114. The smallest absolute Gasteiger partial charge is 0.414 e. The quantitative estimate of drug-likeness (QED) is 0.0206. The summed E-state index contributed by atoms with van der Waals surface area (Å²) in [4.78, 5) is 80.9. The molecular formula is C92H142N10O16S. The maximum Gasteiger partial charge on any atom is 0.414 e. The molecule has 7 aromatic rings. The molecule has 5 aromatic carbocycles. The van der Waals surface area contributed by atoms with Crippen molar-refractivity contribution in [1.82, 2.24) is 30.3 Å². The summed E-state index contributed by atoms with van der Waals surface area (Å²) in [6.45, 7) is 51.6. The highest BCUT2D eigenvalue weighted by Crippen LogP contribution is 2.29. The van der Waals surface area contributed by atoms with E-state index < -0.39 is 28.3 Å². The summed E-state index contributed by atoms with van der Waals surface area (Å²) < 4.78 is 59.8. The first-order valence-electron chi connectivity index (χ1n) is 39.4. The van der Waals surface area contributed by atoms with Crippen molar-refractivity contribution in [1.29, 1.82) is 0 Å². The average molecular weight is 1680 g/mol. The second kappa shape index (κ2) is 53.7. The molecule has 0 radical (unpaired) electrons. The molecule has 0 atom stereocenters. The number of hydrogen-bond acceptors (Lipinski definition) is 19. The number of ether oxygens (including phenoxy) is 7. The Morgan fingerprint density at radius 2 is 0.765 bits per heavy atom. The van der Waals surface area contributed by atoms with Crippen LogP contribution in [0, 0.1) is 0 Å². The number of aliphatic hydroxyl groups is 1. The van der Waals surface area contributed by atoms with E-state index in [-0.39, 0.29) is 100 Å². The molecule has 27 heteroatoms. The standard InChI is InChI=1S/C14H21NO3.2C14H21NO2.C13H20N2O3.C12H19N3O2.C12H19NO3S.C12H17NO.CH4/c1-14(2,3)11-6-5-7-12(10-11)15-13(16)18-9-8-17-4;1-14(2,3)12-7-5-11(6-8-12)13(16)15-9-10-17-4;1-14(2,3)12-7-5-6-11(10-12)13(16)15-8-9-17-4;1-13(2,3)10-5-6-11(14-9-10)15-12(16)18-8-7-17-4;1-5-6-17-11(16)15-10-13-7-9(8-14-10)12(2,3)4;1-12(2,3)10-4-6-11(7-5-10)17(15,16)13-8-9-14;1-9(14)13-11-7-5-10(6-8-11)12(2,3)4;/h5-7,10H,8-9H2,1-4H3,(H,15,16);5-8H,9-10H2,1-4H3,(H,15,16);5-7,10H,8-9H2,1-4H3,(H,15,16);5-6,9H,7-8H2,1-4H3,(H,14,15,16);7-8H,5-6H2,1-4H3,(H,13,14,15,16);4-7,13-14H,8-9H2,1-3H3;5-8H,1-4H3,(H,13,14);1H4. The van der Waals surface area contributed by atoms with Crippen molar-refractivity contribution >= 4 is 69.2 Å². The van der Waals surface area contributed by atoms with Crippen molar-refractivity contribution in [2.24, 2.45) is 0 Å². The Labute approximate surface area is 711 Å². The van der Waals surface area contributed by atoms with E-state index in [1.165, 1.54) is 18.1 Å². The molecule has 6 amide bonds. The maximum atomic E-state index is 11.8.